The SMILES string of the molecule is O=C(O)C[C@H]1CCCCN1C(=O)[C@H](CC(=O)OCc1ccccc1)NC(=O)OCC1c2ccccc2-c2ccccc21. The molecule has 0 unspecified atom stereocenters. The summed E-state index contributed by atoms with van der Waals surface area (Å²) in [5, 5.41) is 12.0. The molecule has 5 rings (SSSR count). The van der Waals surface area contributed by atoms with Gasteiger partial charge in [0.1, 0.15) is 19.3 Å². The normalized spacial score (nSPS) is 16.6. The maximum Gasteiger partial charge on any atom is 0.407 e. The smallest absolute Gasteiger partial charge is 0.407 e. The number of carbonyl (C=O) groups is 4. The number of amides is 2. The van der Waals surface area contributed by atoms with E-state index in [0.717, 1.165) is 34.2 Å². The van der Waals surface area contributed by atoms with Crippen molar-refractivity contribution in [3.05, 3.63) is 95.6 Å². The van der Waals surface area contributed by atoms with Crippen LogP contribution in [0.3, 0.4) is 0 Å². The van der Waals surface area contributed by atoms with Crippen LogP contribution < -0.4 is 5.32 Å². The number of likely N-dealkylation sites (tertiary alicyclic amines) is 1. The Hall–Kier alpha value is -4.66. The number of carboxylic acid groups (broad SMARTS) is 1. The van der Waals surface area contributed by atoms with Crippen molar-refractivity contribution in [1.82, 2.24) is 10.2 Å². The molecule has 1 aliphatic carbocycles. The summed E-state index contributed by atoms with van der Waals surface area (Å²) in [5.41, 5.74) is 5.06. The number of hydrogen-bond acceptors (Lipinski definition) is 6. The molecule has 42 heavy (non-hydrogen) atoms. The van der Waals surface area contributed by atoms with Gasteiger partial charge < -0.3 is 24.8 Å². The highest BCUT2D eigenvalue weighted by Gasteiger charge is 2.36. The Morgan fingerprint density at radius 3 is 2.17 bits per heavy atom. The molecule has 1 heterocycles. The number of nitrogens with one attached hydrogen (secondary N) is 1. The number of carboxylic acids is 1. The first-order valence-electron chi connectivity index (χ1n) is 14.2. The second-order valence-corrected chi connectivity index (χ2v) is 10.7. The largest absolute Gasteiger partial charge is 0.481 e. The van der Waals surface area contributed by atoms with Gasteiger partial charge in [-0.25, -0.2) is 4.79 Å². The van der Waals surface area contributed by atoms with Crippen molar-refractivity contribution in [2.75, 3.05) is 13.2 Å². The summed E-state index contributed by atoms with van der Waals surface area (Å²) in [6.45, 7) is 0.417. The van der Waals surface area contributed by atoms with E-state index in [1.807, 2.05) is 78.9 Å². The maximum absolute atomic E-state index is 13.7. The molecule has 0 radical (unpaired) electrons. The van der Waals surface area contributed by atoms with Gasteiger partial charge in [0.25, 0.3) is 0 Å². The van der Waals surface area contributed by atoms with Crippen molar-refractivity contribution in [1.29, 1.82) is 0 Å². The maximum atomic E-state index is 13.7. The Labute approximate surface area is 244 Å². The average Bonchev–Trinajstić information content (AvgIpc) is 3.32. The third-order valence-corrected chi connectivity index (χ3v) is 7.87. The van der Waals surface area contributed by atoms with Gasteiger partial charge in [-0.2, -0.15) is 0 Å². The van der Waals surface area contributed by atoms with E-state index in [1.165, 1.54) is 4.90 Å². The van der Waals surface area contributed by atoms with E-state index in [9.17, 15) is 24.3 Å². The number of rotatable bonds is 10. The minimum absolute atomic E-state index is 0.0247. The quantitative estimate of drug-likeness (QED) is 0.333. The Morgan fingerprint density at radius 1 is 0.857 bits per heavy atom. The number of piperidine rings is 1. The van der Waals surface area contributed by atoms with Crippen LogP contribution in [0.15, 0.2) is 78.9 Å². The molecule has 2 N–H and O–H groups in total. The lowest BCUT2D eigenvalue weighted by molar-refractivity contribution is -0.150. The summed E-state index contributed by atoms with van der Waals surface area (Å²) < 4.78 is 11.0. The zero-order chi connectivity index (χ0) is 29.5. The van der Waals surface area contributed by atoms with Crippen molar-refractivity contribution in [2.45, 2.75) is 56.7 Å². The number of esters is 1. The molecule has 3 aromatic carbocycles. The predicted octanol–water partition coefficient (Wildman–Crippen LogP) is 4.88. The highest BCUT2D eigenvalue weighted by atomic mass is 16.5. The number of nitrogens with zero attached hydrogens (tertiary/aromatic N) is 1. The Morgan fingerprint density at radius 2 is 1.50 bits per heavy atom. The molecule has 2 atom stereocenters. The van der Waals surface area contributed by atoms with Crippen molar-refractivity contribution in [3.8, 4) is 11.1 Å². The van der Waals surface area contributed by atoms with E-state index in [0.29, 0.717) is 19.4 Å². The highest BCUT2D eigenvalue weighted by Crippen LogP contribution is 2.44. The van der Waals surface area contributed by atoms with Gasteiger partial charge in [-0.1, -0.05) is 78.9 Å². The summed E-state index contributed by atoms with van der Waals surface area (Å²) >= 11 is 0. The monoisotopic (exact) mass is 570 g/mol. The van der Waals surface area contributed by atoms with Crippen molar-refractivity contribution in [3.63, 3.8) is 0 Å². The molecule has 218 valence electrons. The van der Waals surface area contributed by atoms with Gasteiger partial charge in [-0.3, -0.25) is 14.4 Å². The van der Waals surface area contributed by atoms with Crippen LogP contribution in [0.25, 0.3) is 11.1 Å². The summed E-state index contributed by atoms with van der Waals surface area (Å²) in [7, 11) is 0. The lowest BCUT2D eigenvalue weighted by Gasteiger charge is -2.37. The Bertz CT molecular complexity index is 1400. The fraction of sp³-hybridized carbons (Fsp3) is 0.333. The van der Waals surface area contributed by atoms with E-state index in [4.69, 9.17) is 9.47 Å². The van der Waals surface area contributed by atoms with Crippen molar-refractivity contribution < 1.29 is 33.8 Å². The first kappa shape index (κ1) is 28.9. The van der Waals surface area contributed by atoms with E-state index in [2.05, 4.69) is 5.32 Å². The molecule has 3 aromatic rings. The lowest BCUT2D eigenvalue weighted by Crippen LogP contribution is -2.54. The van der Waals surface area contributed by atoms with Crippen LogP contribution in [0.1, 0.15) is 54.7 Å². The molecule has 2 aliphatic rings. The third-order valence-electron chi connectivity index (χ3n) is 7.87. The molecule has 1 saturated heterocycles. The second-order valence-electron chi connectivity index (χ2n) is 10.7. The van der Waals surface area contributed by atoms with E-state index >= 15 is 0 Å². The molecule has 0 bridgehead atoms. The van der Waals surface area contributed by atoms with Gasteiger partial charge >= 0.3 is 18.0 Å². The van der Waals surface area contributed by atoms with Crippen LogP contribution in [0.2, 0.25) is 0 Å². The minimum atomic E-state index is -1.27. The van der Waals surface area contributed by atoms with Crippen LogP contribution in [0.5, 0.6) is 0 Å². The molecule has 9 heteroatoms. The fourth-order valence-electron chi connectivity index (χ4n) is 5.85. The zero-order valence-corrected chi connectivity index (χ0v) is 23.2. The topological polar surface area (TPSA) is 122 Å². The third kappa shape index (κ3) is 6.79. The van der Waals surface area contributed by atoms with Crippen molar-refractivity contribution in [2.24, 2.45) is 0 Å². The molecule has 0 aromatic heterocycles. The van der Waals surface area contributed by atoms with Gasteiger partial charge in [-0.05, 0) is 47.1 Å². The first-order chi connectivity index (χ1) is 20.4. The number of benzene rings is 3. The summed E-state index contributed by atoms with van der Waals surface area (Å²) in [6.07, 6.45) is 0.587. The number of hydrogen-bond donors (Lipinski definition) is 2. The van der Waals surface area contributed by atoms with Crippen LogP contribution in [-0.2, 0) is 30.5 Å². The molecular weight excluding hydrogens is 536 g/mol. The zero-order valence-electron chi connectivity index (χ0n) is 23.2. The minimum Gasteiger partial charge on any atom is -0.481 e. The van der Waals surface area contributed by atoms with Crippen LogP contribution >= 0.6 is 0 Å². The van der Waals surface area contributed by atoms with Gasteiger partial charge in [-0.15, -0.1) is 0 Å². The Balaban J connectivity index is 1.28. The molecule has 9 nitrogen and oxygen atoms in total. The van der Waals surface area contributed by atoms with E-state index in [-0.39, 0.29) is 25.6 Å². The Kier molecular flexibility index (Phi) is 9.16. The van der Waals surface area contributed by atoms with E-state index in [1.54, 1.807) is 0 Å². The molecule has 0 spiro atoms. The van der Waals surface area contributed by atoms with Crippen LogP contribution in [0.4, 0.5) is 4.79 Å². The van der Waals surface area contributed by atoms with Gasteiger partial charge in [0.2, 0.25) is 5.91 Å². The number of carbonyl (C=O) groups excluding carboxylic acids is 3. The van der Waals surface area contributed by atoms with Gasteiger partial charge in [0, 0.05) is 18.5 Å². The van der Waals surface area contributed by atoms with E-state index < -0.39 is 42.4 Å². The highest BCUT2D eigenvalue weighted by molar-refractivity contribution is 5.90. The van der Waals surface area contributed by atoms with Crippen LogP contribution in [-0.4, -0.2) is 59.2 Å². The van der Waals surface area contributed by atoms with Crippen LogP contribution in [0, 0.1) is 0 Å². The summed E-state index contributed by atoms with van der Waals surface area (Å²) in [4.78, 5) is 52.5. The number of aliphatic carboxylic acids is 1. The fourth-order valence-corrected chi connectivity index (χ4v) is 5.85. The van der Waals surface area contributed by atoms with Gasteiger partial charge in [0.15, 0.2) is 0 Å². The lowest BCUT2D eigenvalue weighted by atomic mass is 9.97. The molecule has 2 amide bonds. The number of ether oxygens (including phenoxy) is 2. The molecule has 0 saturated carbocycles. The predicted molar refractivity (Wildman–Crippen MR) is 154 cm³/mol. The molecule has 1 aliphatic heterocycles. The van der Waals surface area contributed by atoms with Gasteiger partial charge in [0.05, 0.1) is 12.8 Å². The molecular formula is C33H34N2O7. The van der Waals surface area contributed by atoms with Crippen molar-refractivity contribution >= 4 is 23.9 Å². The molecule has 1 fully saturated rings. The standard InChI is InChI=1S/C33H34N2O7/c36-30(37)18-23-12-8-9-17-35(23)32(39)29(19-31(38)41-20-22-10-2-1-3-11-22)34-33(40)42-21-28-26-15-6-4-13-24(26)25-14-5-7-16-27(25)28/h1-7,10-11,13-16,23,28-29H,8-9,12,17-21H2,(H,34,40)(H,36,37)/t23-,29+/m1/s1. The second kappa shape index (κ2) is 13.3. The number of fused-ring (bicyclic) bond motifs is 3. The summed E-state index contributed by atoms with van der Waals surface area (Å²) in [6, 6.07) is 23.3. The average molecular weight is 571 g/mol. The summed E-state index contributed by atoms with van der Waals surface area (Å²) in [5.74, 6) is -2.37. The number of alkyl carbamates (subject to hydrolysis) is 1. The first-order valence-corrected chi connectivity index (χ1v) is 14.2.